The fraction of sp³-hybridized carbons (Fsp3) is 0.190. The molecule has 8 heteroatoms. The molecule has 0 spiro atoms. The largest absolute Gasteiger partial charge is 0.337 e. The van der Waals surface area contributed by atoms with Gasteiger partial charge in [0.15, 0.2) is 0 Å². The molecular formula is C21H18N4O4. The maximum atomic E-state index is 12.5. The number of benzene rings is 2. The molecule has 0 fully saturated rings. The lowest BCUT2D eigenvalue weighted by atomic mass is 10.1. The Morgan fingerprint density at radius 3 is 2.28 bits per heavy atom. The zero-order chi connectivity index (χ0) is 20.4. The average molecular weight is 390 g/mol. The van der Waals surface area contributed by atoms with E-state index in [-0.39, 0.29) is 37.2 Å². The van der Waals surface area contributed by atoms with Crippen LogP contribution in [-0.4, -0.2) is 51.3 Å². The molecule has 2 aromatic carbocycles. The molecule has 0 radical (unpaired) electrons. The number of rotatable bonds is 6. The van der Waals surface area contributed by atoms with Crippen LogP contribution in [-0.2, 0) is 11.3 Å². The van der Waals surface area contributed by atoms with Gasteiger partial charge in [-0.1, -0.05) is 47.6 Å². The van der Waals surface area contributed by atoms with Gasteiger partial charge in [-0.15, -0.1) is 0 Å². The van der Waals surface area contributed by atoms with E-state index in [2.05, 4.69) is 10.1 Å². The Hall–Kier alpha value is -3.81. The normalized spacial score (nSPS) is 12.9. The summed E-state index contributed by atoms with van der Waals surface area (Å²) in [6, 6.07) is 16.0. The molecule has 4 rings (SSSR count). The molecule has 0 saturated carbocycles. The minimum absolute atomic E-state index is 0.0155. The lowest BCUT2D eigenvalue weighted by molar-refractivity contribution is -0.130. The summed E-state index contributed by atoms with van der Waals surface area (Å²) in [4.78, 5) is 44.0. The summed E-state index contributed by atoms with van der Waals surface area (Å²) in [6.45, 7) is 0.162. The first kappa shape index (κ1) is 18.5. The van der Waals surface area contributed by atoms with Crippen molar-refractivity contribution in [2.24, 2.45) is 0 Å². The summed E-state index contributed by atoms with van der Waals surface area (Å²) in [5.74, 6) is -0.218. The van der Waals surface area contributed by atoms with Crippen LogP contribution in [0, 0.1) is 0 Å². The van der Waals surface area contributed by atoms with E-state index in [1.807, 2.05) is 30.3 Å². The van der Waals surface area contributed by atoms with Gasteiger partial charge in [-0.05, 0) is 12.1 Å². The van der Waals surface area contributed by atoms with Crippen LogP contribution in [0.4, 0.5) is 0 Å². The molecule has 8 nitrogen and oxygen atoms in total. The van der Waals surface area contributed by atoms with Crippen LogP contribution in [0.3, 0.4) is 0 Å². The Bertz CT molecular complexity index is 1040. The second-order valence-electron chi connectivity index (χ2n) is 6.69. The Morgan fingerprint density at radius 2 is 1.62 bits per heavy atom. The summed E-state index contributed by atoms with van der Waals surface area (Å²) in [5, 5.41) is 3.93. The molecule has 3 amide bonds. The van der Waals surface area contributed by atoms with Gasteiger partial charge in [0, 0.05) is 25.6 Å². The lowest BCUT2D eigenvalue weighted by Crippen LogP contribution is -2.35. The molecule has 0 bridgehead atoms. The van der Waals surface area contributed by atoms with E-state index in [0.717, 1.165) is 10.5 Å². The van der Waals surface area contributed by atoms with Crippen molar-refractivity contribution in [2.75, 3.05) is 13.6 Å². The number of hydrogen-bond acceptors (Lipinski definition) is 6. The average Bonchev–Trinajstić information content (AvgIpc) is 3.31. The fourth-order valence-electron chi connectivity index (χ4n) is 3.16. The third kappa shape index (κ3) is 3.64. The van der Waals surface area contributed by atoms with Crippen molar-refractivity contribution in [1.82, 2.24) is 19.9 Å². The number of imide groups is 1. The van der Waals surface area contributed by atoms with Crippen molar-refractivity contribution in [2.45, 2.75) is 13.0 Å². The van der Waals surface area contributed by atoms with Gasteiger partial charge in [-0.3, -0.25) is 19.3 Å². The number of carbonyl (C=O) groups is 3. The quantitative estimate of drug-likeness (QED) is 0.600. The Morgan fingerprint density at radius 1 is 1.00 bits per heavy atom. The minimum Gasteiger partial charge on any atom is -0.337 e. The van der Waals surface area contributed by atoms with Gasteiger partial charge < -0.3 is 9.42 Å². The van der Waals surface area contributed by atoms with Crippen LogP contribution < -0.4 is 0 Å². The summed E-state index contributed by atoms with van der Waals surface area (Å²) < 4.78 is 5.22. The maximum Gasteiger partial charge on any atom is 0.261 e. The molecule has 0 atom stereocenters. The van der Waals surface area contributed by atoms with E-state index >= 15 is 0 Å². The number of amides is 3. The molecule has 0 aliphatic carbocycles. The molecule has 3 aromatic rings. The van der Waals surface area contributed by atoms with Crippen LogP contribution in [0.1, 0.15) is 33.0 Å². The van der Waals surface area contributed by atoms with Gasteiger partial charge in [0.05, 0.1) is 17.7 Å². The van der Waals surface area contributed by atoms with E-state index < -0.39 is 0 Å². The van der Waals surface area contributed by atoms with Gasteiger partial charge in [-0.25, -0.2) is 0 Å². The first-order chi connectivity index (χ1) is 14.0. The topological polar surface area (TPSA) is 96.6 Å². The first-order valence-electron chi connectivity index (χ1n) is 9.12. The Balaban J connectivity index is 1.34. The highest BCUT2D eigenvalue weighted by Gasteiger charge is 2.35. The summed E-state index contributed by atoms with van der Waals surface area (Å²) >= 11 is 0. The predicted octanol–water partition coefficient (Wildman–Crippen LogP) is 2.38. The molecule has 0 N–H and O–H groups in total. The van der Waals surface area contributed by atoms with Gasteiger partial charge in [0.25, 0.3) is 11.8 Å². The van der Waals surface area contributed by atoms with Crippen molar-refractivity contribution in [3.8, 4) is 11.4 Å². The first-order valence-corrected chi connectivity index (χ1v) is 9.12. The highest BCUT2D eigenvalue weighted by molar-refractivity contribution is 6.21. The fourth-order valence-corrected chi connectivity index (χ4v) is 3.16. The second kappa shape index (κ2) is 7.67. The summed E-state index contributed by atoms with van der Waals surface area (Å²) in [6.07, 6.45) is 0.0155. The summed E-state index contributed by atoms with van der Waals surface area (Å²) in [5.41, 5.74) is 1.57. The molecule has 2 heterocycles. The highest BCUT2D eigenvalue weighted by Crippen LogP contribution is 2.22. The molecule has 146 valence electrons. The number of carbonyl (C=O) groups excluding carboxylic acids is 3. The lowest BCUT2D eigenvalue weighted by Gasteiger charge is -2.17. The van der Waals surface area contributed by atoms with Crippen molar-refractivity contribution in [3.63, 3.8) is 0 Å². The van der Waals surface area contributed by atoms with E-state index in [4.69, 9.17) is 4.52 Å². The molecular weight excluding hydrogens is 372 g/mol. The van der Waals surface area contributed by atoms with Crippen LogP contribution in [0.15, 0.2) is 59.1 Å². The van der Waals surface area contributed by atoms with Crippen molar-refractivity contribution in [3.05, 3.63) is 71.6 Å². The van der Waals surface area contributed by atoms with Gasteiger partial charge in [0.2, 0.25) is 17.6 Å². The smallest absolute Gasteiger partial charge is 0.261 e. The van der Waals surface area contributed by atoms with Crippen LogP contribution in [0.25, 0.3) is 11.4 Å². The van der Waals surface area contributed by atoms with Crippen LogP contribution in [0.2, 0.25) is 0 Å². The Kier molecular flexibility index (Phi) is 4.90. The number of aromatic nitrogens is 2. The molecule has 29 heavy (non-hydrogen) atoms. The van der Waals surface area contributed by atoms with Crippen molar-refractivity contribution in [1.29, 1.82) is 0 Å². The predicted molar refractivity (Wildman–Crippen MR) is 103 cm³/mol. The summed E-state index contributed by atoms with van der Waals surface area (Å²) in [7, 11) is 1.61. The molecule has 0 saturated heterocycles. The van der Waals surface area contributed by atoms with E-state index in [0.29, 0.717) is 22.8 Å². The molecule has 1 aliphatic heterocycles. The zero-order valence-electron chi connectivity index (χ0n) is 15.7. The standard InChI is InChI=1S/C21H18N4O4/c1-24(13-17-22-19(23-29-17)14-7-3-2-4-8-14)18(26)11-12-25-20(27)15-9-5-6-10-16(15)21(25)28/h2-10H,11-13H2,1H3. The van der Waals surface area contributed by atoms with Crippen molar-refractivity contribution < 1.29 is 18.9 Å². The van der Waals surface area contributed by atoms with Gasteiger partial charge in [0.1, 0.15) is 0 Å². The van der Waals surface area contributed by atoms with Crippen molar-refractivity contribution >= 4 is 17.7 Å². The van der Waals surface area contributed by atoms with Gasteiger partial charge in [-0.2, -0.15) is 4.98 Å². The van der Waals surface area contributed by atoms with Gasteiger partial charge >= 0.3 is 0 Å². The maximum absolute atomic E-state index is 12.5. The molecule has 1 aromatic heterocycles. The number of nitrogens with zero attached hydrogens (tertiary/aromatic N) is 4. The zero-order valence-corrected chi connectivity index (χ0v) is 15.7. The monoisotopic (exact) mass is 390 g/mol. The highest BCUT2D eigenvalue weighted by atomic mass is 16.5. The SMILES string of the molecule is CN(Cc1nc(-c2ccccc2)no1)C(=O)CCN1C(=O)c2ccccc2C1=O. The Labute approximate surface area is 166 Å². The second-order valence-corrected chi connectivity index (χ2v) is 6.69. The third-order valence-electron chi connectivity index (χ3n) is 4.73. The van der Waals surface area contributed by atoms with E-state index in [1.165, 1.54) is 4.90 Å². The minimum atomic E-state index is -0.370. The number of hydrogen-bond donors (Lipinski definition) is 0. The molecule has 0 unspecified atom stereocenters. The third-order valence-corrected chi connectivity index (χ3v) is 4.73. The molecule has 1 aliphatic rings. The van der Waals surface area contributed by atoms with Crippen LogP contribution in [0.5, 0.6) is 0 Å². The van der Waals surface area contributed by atoms with E-state index in [9.17, 15) is 14.4 Å². The van der Waals surface area contributed by atoms with Crippen LogP contribution >= 0.6 is 0 Å². The number of fused-ring (bicyclic) bond motifs is 1. The van der Waals surface area contributed by atoms with E-state index in [1.54, 1.807) is 31.3 Å².